The van der Waals surface area contributed by atoms with Crippen LogP contribution in [-0.2, 0) is 13.6 Å². The maximum absolute atomic E-state index is 5.71. The molecular weight excluding hydrogens is 266 g/mol. The van der Waals surface area contributed by atoms with E-state index in [0.29, 0.717) is 13.2 Å². The van der Waals surface area contributed by atoms with Gasteiger partial charge in [-0.15, -0.1) is 0 Å². The molecule has 0 aliphatic heterocycles. The molecule has 2 N–H and O–H groups in total. The first-order valence-corrected chi connectivity index (χ1v) is 6.70. The fourth-order valence-electron chi connectivity index (χ4n) is 2.12. The monoisotopic (exact) mass is 283 g/mol. The summed E-state index contributed by atoms with van der Waals surface area (Å²) in [6, 6.07) is 7.39. The van der Waals surface area contributed by atoms with Crippen molar-refractivity contribution in [1.29, 1.82) is 0 Å². The van der Waals surface area contributed by atoms with Gasteiger partial charge in [-0.3, -0.25) is 4.68 Å². The molecule has 0 spiro atoms. The van der Waals surface area contributed by atoms with Gasteiger partial charge >= 0.3 is 0 Å². The average molecular weight is 283 g/mol. The Hall–Kier alpha value is -2.76. The van der Waals surface area contributed by atoms with E-state index in [-0.39, 0.29) is 0 Å². The van der Waals surface area contributed by atoms with Crippen LogP contribution in [0.1, 0.15) is 0 Å². The lowest BCUT2D eigenvalue weighted by Gasteiger charge is -2.09. The molecule has 2 heterocycles. The van der Waals surface area contributed by atoms with Gasteiger partial charge in [-0.25, -0.2) is 4.98 Å². The fraction of sp³-hybridized carbons (Fsp3) is 0.200. The van der Waals surface area contributed by atoms with Gasteiger partial charge in [0.2, 0.25) is 0 Å². The predicted octanol–water partition coefficient (Wildman–Crippen LogP) is 1.94. The molecule has 2 aromatic heterocycles. The van der Waals surface area contributed by atoms with Crippen molar-refractivity contribution in [3.8, 4) is 17.0 Å². The Balaban J connectivity index is 1.64. The molecule has 0 aliphatic rings. The Labute approximate surface area is 122 Å². The SMILES string of the molecule is Cn1cc(-c2cncn2CCOc2ccc(N)cc2)cn1. The number of ether oxygens (including phenoxy) is 1. The molecule has 3 rings (SSSR count). The number of nitrogen functional groups attached to an aromatic ring is 1. The van der Waals surface area contributed by atoms with Gasteiger partial charge in [0.1, 0.15) is 12.4 Å². The molecule has 0 saturated heterocycles. The highest BCUT2D eigenvalue weighted by atomic mass is 16.5. The van der Waals surface area contributed by atoms with Crippen molar-refractivity contribution in [3.05, 3.63) is 49.2 Å². The number of hydrogen-bond acceptors (Lipinski definition) is 4. The average Bonchev–Trinajstić information content (AvgIpc) is 3.10. The molecule has 6 heteroatoms. The van der Waals surface area contributed by atoms with Crippen molar-refractivity contribution in [3.63, 3.8) is 0 Å². The fourth-order valence-corrected chi connectivity index (χ4v) is 2.12. The van der Waals surface area contributed by atoms with Crippen molar-refractivity contribution in [2.75, 3.05) is 12.3 Å². The van der Waals surface area contributed by atoms with Gasteiger partial charge in [-0.2, -0.15) is 5.10 Å². The van der Waals surface area contributed by atoms with Crippen LogP contribution in [0.25, 0.3) is 11.3 Å². The largest absolute Gasteiger partial charge is 0.492 e. The predicted molar refractivity (Wildman–Crippen MR) is 80.8 cm³/mol. The molecule has 0 aliphatic carbocycles. The van der Waals surface area contributed by atoms with E-state index in [1.165, 1.54) is 0 Å². The molecule has 0 atom stereocenters. The van der Waals surface area contributed by atoms with Gasteiger partial charge in [-0.1, -0.05) is 0 Å². The highest BCUT2D eigenvalue weighted by Gasteiger charge is 2.07. The zero-order valence-electron chi connectivity index (χ0n) is 11.8. The Morgan fingerprint density at radius 2 is 2.00 bits per heavy atom. The summed E-state index contributed by atoms with van der Waals surface area (Å²) in [5.74, 6) is 0.812. The number of aryl methyl sites for hydroxylation is 1. The number of benzene rings is 1. The lowest BCUT2D eigenvalue weighted by atomic mass is 10.3. The summed E-state index contributed by atoms with van der Waals surface area (Å²) in [5.41, 5.74) is 8.45. The molecule has 1 aromatic carbocycles. The van der Waals surface area contributed by atoms with Crippen molar-refractivity contribution in [2.45, 2.75) is 6.54 Å². The van der Waals surface area contributed by atoms with Crippen LogP contribution in [0.5, 0.6) is 5.75 Å². The molecule has 0 fully saturated rings. The minimum atomic E-state index is 0.563. The summed E-state index contributed by atoms with van der Waals surface area (Å²) >= 11 is 0. The van der Waals surface area contributed by atoms with E-state index in [9.17, 15) is 0 Å². The number of anilines is 1. The van der Waals surface area contributed by atoms with Crippen LogP contribution < -0.4 is 10.5 Å². The van der Waals surface area contributed by atoms with E-state index < -0.39 is 0 Å². The molecule has 3 aromatic rings. The summed E-state index contributed by atoms with van der Waals surface area (Å²) in [6.07, 6.45) is 7.43. The molecule has 0 saturated carbocycles. The zero-order chi connectivity index (χ0) is 14.7. The highest BCUT2D eigenvalue weighted by molar-refractivity contribution is 5.56. The van der Waals surface area contributed by atoms with Gasteiger partial charge in [0, 0.05) is 24.5 Å². The molecule has 0 unspecified atom stereocenters. The Morgan fingerprint density at radius 1 is 1.19 bits per heavy atom. The summed E-state index contributed by atoms with van der Waals surface area (Å²) < 4.78 is 9.53. The van der Waals surface area contributed by atoms with Gasteiger partial charge < -0.3 is 15.0 Å². The van der Waals surface area contributed by atoms with E-state index in [1.807, 2.05) is 54.5 Å². The van der Waals surface area contributed by atoms with E-state index in [1.54, 1.807) is 11.0 Å². The quantitative estimate of drug-likeness (QED) is 0.726. The minimum absolute atomic E-state index is 0.563. The van der Waals surface area contributed by atoms with Crippen LogP contribution in [-0.4, -0.2) is 25.9 Å². The van der Waals surface area contributed by atoms with Crippen LogP contribution in [0.3, 0.4) is 0 Å². The summed E-state index contributed by atoms with van der Waals surface area (Å²) in [7, 11) is 1.90. The van der Waals surface area contributed by atoms with Crippen molar-refractivity contribution in [2.24, 2.45) is 7.05 Å². The van der Waals surface area contributed by atoms with Crippen LogP contribution >= 0.6 is 0 Å². The number of nitrogens with two attached hydrogens (primary N) is 1. The third-order valence-corrected chi connectivity index (χ3v) is 3.19. The van der Waals surface area contributed by atoms with Gasteiger partial charge in [0.25, 0.3) is 0 Å². The molecule has 21 heavy (non-hydrogen) atoms. The molecule has 0 bridgehead atoms. The maximum Gasteiger partial charge on any atom is 0.119 e. The van der Waals surface area contributed by atoms with E-state index in [4.69, 9.17) is 10.5 Å². The first-order valence-electron chi connectivity index (χ1n) is 6.70. The van der Waals surface area contributed by atoms with Gasteiger partial charge in [0.15, 0.2) is 0 Å². The zero-order valence-corrected chi connectivity index (χ0v) is 11.8. The molecule has 6 nitrogen and oxygen atoms in total. The highest BCUT2D eigenvalue weighted by Crippen LogP contribution is 2.18. The molecule has 0 radical (unpaired) electrons. The topological polar surface area (TPSA) is 70.9 Å². The van der Waals surface area contributed by atoms with E-state index in [0.717, 1.165) is 22.7 Å². The Morgan fingerprint density at radius 3 is 2.71 bits per heavy atom. The van der Waals surface area contributed by atoms with E-state index in [2.05, 4.69) is 10.1 Å². The number of imidazole rings is 1. The summed E-state index contributed by atoms with van der Waals surface area (Å²) in [6.45, 7) is 1.28. The van der Waals surface area contributed by atoms with E-state index >= 15 is 0 Å². The Kier molecular flexibility index (Phi) is 3.59. The second-order valence-electron chi connectivity index (χ2n) is 4.79. The smallest absolute Gasteiger partial charge is 0.119 e. The van der Waals surface area contributed by atoms with Crippen LogP contribution in [0.15, 0.2) is 49.2 Å². The van der Waals surface area contributed by atoms with Crippen molar-refractivity contribution >= 4 is 5.69 Å². The Bertz CT molecular complexity index is 714. The lowest BCUT2D eigenvalue weighted by molar-refractivity contribution is 0.299. The second-order valence-corrected chi connectivity index (χ2v) is 4.79. The van der Waals surface area contributed by atoms with Gasteiger partial charge in [0.05, 0.1) is 31.0 Å². The number of hydrogen-bond donors (Lipinski definition) is 1. The van der Waals surface area contributed by atoms with Crippen LogP contribution in [0, 0.1) is 0 Å². The summed E-state index contributed by atoms with van der Waals surface area (Å²) in [5, 5.41) is 4.18. The van der Waals surface area contributed by atoms with Crippen molar-refractivity contribution in [1.82, 2.24) is 19.3 Å². The summed E-state index contributed by atoms with van der Waals surface area (Å²) in [4.78, 5) is 4.20. The molecular formula is C15H17N5O. The second kappa shape index (κ2) is 5.70. The lowest BCUT2D eigenvalue weighted by Crippen LogP contribution is -2.08. The normalized spacial score (nSPS) is 10.7. The van der Waals surface area contributed by atoms with Gasteiger partial charge in [-0.05, 0) is 24.3 Å². The standard InChI is InChI=1S/C15H17N5O/c1-19-10-12(8-18-19)15-9-17-11-20(15)6-7-21-14-4-2-13(16)3-5-14/h2-5,8-11H,6-7,16H2,1H3. The third kappa shape index (κ3) is 3.05. The molecule has 0 amide bonds. The number of rotatable bonds is 5. The van der Waals surface area contributed by atoms with Crippen LogP contribution in [0.4, 0.5) is 5.69 Å². The molecule has 108 valence electrons. The first-order chi connectivity index (χ1) is 10.2. The minimum Gasteiger partial charge on any atom is -0.492 e. The first kappa shape index (κ1) is 13.2. The van der Waals surface area contributed by atoms with Crippen molar-refractivity contribution < 1.29 is 4.74 Å². The van der Waals surface area contributed by atoms with Crippen LogP contribution in [0.2, 0.25) is 0 Å². The third-order valence-electron chi connectivity index (χ3n) is 3.19. The number of nitrogens with zero attached hydrogens (tertiary/aromatic N) is 4. The maximum atomic E-state index is 5.71. The number of aromatic nitrogens is 4.